The first kappa shape index (κ1) is 13.8. The van der Waals surface area contributed by atoms with Crippen LogP contribution in [0.1, 0.15) is 0 Å². The molecule has 0 aliphatic heterocycles. The Labute approximate surface area is 134 Å². The Balaban J connectivity index is 1.82. The van der Waals surface area contributed by atoms with Crippen molar-refractivity contribution in [3.63, 3.8) is 0 Å². The number of aromatic nitrogens is 1. The van der Waals surface area contributed by atoms with Crippen LogP contribution in [-0.2, 0) is 0 Å². The summed E-state index contributed by atoms with van der Waals surface area (Å²) in [5.41, 5.74) is 1.70. The largest absolute Gasteiger partial charge is 0.355 e. The van der Waals surface area contributed by atoms with E-state index in [1.807, 2.05) is 18.2 Å². The van der Waals surface area contributed by atoms with Crippen LogP contribution in [0.5, 0.6) is 0 Å². The minimum Gasteiger partial charge on any atom is -0.355 e. The van der Waals surface area contributed by atoms with Crippen molar-refractivity contribution in [2.24, 2.45) is 0 Å². The van der Waals surface area contributed by atoms with Crippen LogP contribution in [0, 0.1) is 5.82 Å². The molecule has 2 heterocycles. The van der Waals surface area contributed by atoms with Gasteiger partial charge in [-0.25, -0.2) is 4.39 Å². The van der Waals surface area contributed by atoms with Crippen molar-refractivity contribution in [2.75, 3.05) is 0 Å². The van der Waals surface area contributed by atoms with Gasteiger partial charge in [-0.2, -0.15) is 0 Å². The summed E-state index contributed by atoms with van der Waals surface area (Å²) >= 11 is 1.48. The zero-order valence-electron chi connectivity index (χ0n) is 11.8. The summed E-state index contributed by atoms with van der Waals surface area (Å²) in [6, 6.07) is 15.1. The van der Waals surface area contributed by atoms with Gasteiger partial charge in [-0.15, -0.1) is 11.3 Å². The van der Waals surface area contributed by atoms with Gasteiger partial charge in [0.25, 0.3) is 0 Å². The average molecular weight is 323 g/mol. The summed E-state index contributed by atoms with van der Waals surface area (Å²) in [6.45, 7) is 0. The van der Waals surface area contributed by atoms with Crippen LogP contribution in [0.2, 0.25) is 0 Å². The third-order valence-corrected chi connectivity index (χ3v) is 4.56. The molecule has 0 saturated carbocycles. The molecule has 0 spiro atoms. The van der Waals surface area contributed by atoms with Gasteiger partial charge >= 0.3 is 0 Å². The van der Waals surface area contributed by atoms with Crippen molar-refractivity contribution >= 4 is 21.4 Å². The molecule has 0 unspecified atom stereocenters. The molecular weight excluding hydrogens is 313 g/mol. The van der Waals surface area contributed by atoms with Crippen LogP contribution in [0.15, 0.2) is 69.3 Å². The highest BCUT2D eigenvalue weighted by Gasteiger charge is 2.13. The lowest BCUT2D eigenvalue weighted by Gasteiger charge is -1.98. The normalized spacial score (nSPS) is 11.0. The summed E-state index contributed by atoms with van der Waals surface area (Å²) < 4.78 is 19.2. The number of hydrogen-bond acceptors (Lipinski definition) is 4. The second kappa shape index (κ2) is 5.44. The Hall–Kier alpha value is -2.79. The molecule has 0 fully saturated rings. The van der Waals surface area contributed by atoms with E-state index in [4.69, 9.17) is 4.52 Å². The second-order valence-electron chi connectivity index (χ2n) is 5.06. The Bertz CT molecular complexity index is 1050. The zero-order valence-corrected chi connectivity index (χ0v) is 12.6. The Kier molecular flexibility index (Phi) is 3.28. The number of rotatable bonds is 2. The minimum atomic E-state index is -0.310. The van der Waals surface area contributed by atoms with Gasteiger partial charge in [0.15, 0.2) is 11.2 Å². The second-order valence-corrected chi connectivity index (χ2v) is 5.97. The molecule has 2 aromatic carbocycles. The number of benzene rings is 2. The summed E-state index contributed by atoms with van der Waals surface area (Å²) in [4.78, 5) is 12.6. The molecule has 4 rings (SSSR count). The van der Waals surface area contributed by atoms with E-state index in [9.17, 15) is 9.18 Å². The summed E-state index contributed by atoms with van der Waals surface area (Å²) in [7, 11) is 0. The van der Waals surface area contributed by atoms with Crippen molar-refractivity contribution in [3.05, 3.63) is 76.0 Å². The zero-order chi connectivity index (χ0) is 15.8. The molecule has 0 bridgehead atoms. The van der Waals surface area contributed by atoms with Gasteiger partial charge in [0, 0.05) is 27.1 Å². The first-order valence-corrected chi connectivity index (χ1v) is 7.84. The molecule has 112 valence electrons. The van der Waals surface area contributed by atoms with E-state index in [0.717, 1.165) is 10.3 Å². The Morgan fingerprint density at radius 1 is 1.04 bits per heavy atom. The highest BCUT2D eigenvalue weighted by atomic mass is 32.1. The van der Waals surface area contributed by atoms with Crippen LogP contribution in [0.3, 0.4) is 0 Å². The molecule has 4 aromatic rings. The molecule has 3 nitrogen and oxygen atoms in total. The summed E-state index contributed by atoms with van der Waals surface area (Å²) in [6.07, 6.45) is 0. The highest BCUT2D eigenvalue weighted by molar-refractivity contribution is 7.16. The van der Waals surface area contributed by atoms with Crippen LogP contribution in [-0.4, -0.2) is 5.16 Å². The molecule has 0 amide bonds. The van der Waals surface area contributed by atoms with Gasteiger partial charge in [-0.05, 0) is 36.4 Å². The summed E-state index contributed by atoms with van der Waals surface area (Å²) in [5, 5.41) is 6.42. The van der Waals surface area contributed by atoms with Crippen molar-refractivity contribution in [3.8, 4) is 22.6 Å². The molecule has 5 heteroatoms. The third-order valence-electron chi connectivity index (χ3n) is 3.60. The van der Waals surface area contributed by atoms with E-state index in [-0.39, 0.29) is 11.2 Å². The molecule has 0 atom stereocenters. The van der Waals surface area contributed by atoms with E-state index in [2.05, 4.69) is 5.16 Å². The molecule has 23 heavy (non-hydrogen) atoms. The van der Waals surface area contributed by atoms with Crippen LogP contribution in [0.25, 0.3) is 32.7 Å². The number of halogens is 1. The maximum atomic E-state index is 13.0. The van der Waals surface area contributed by atoms with Gasteiger partial charge in [0.1, 0.15) is 11.5 Å². The lowest BCUT2D eigenvalue weighted by Crippen LogP contribution is -2.02. The van der Waals surface area contributed by atoms with Crippen molar-refractivity contribution in [2.45, 2.75) is 0 Å². The average Bonchev–Trinajstić information content (AvgIpc) is 3.06. The fourth-order valence-electron chi connectivity index (χ4n) is 2.41. The molecule has 2 aromatic heterocycles. The first-order chi connectivity index (χ1) is 11.2. The summed E-state index contributed by atoms with van der Waals surface area (Å²) in [5.74, 6) is 0.104. The number of hydrogen-bond donors (Lipinski definition) is 0. The SMILES string of the molecule is O=c1c(-c2cc(-c3ccc(F)cc3)no2)csc2ccccc12. The molecule has 0 aliphatic rings. The topological polar surface area (TPSA) is 43.1 Å². The van der Waals surface area contributed by atoms with E-state index >= 15 is 0 Å². The van der Waals surface area contributed by atoms with Gasteiger partial charge in [0.05, 0.1) is 5.56 Å². The van der Waals surface area contributed by atoms with Gasteiger partial charge < -0.3 is 4.52 Å². The first-order valence-electron chi connectivity index (χ1n) is 6.96. The van der Waals surface area contributed by atoms with Crippen molar-refractivity contribution in [1.82, 2.24) is 5.16 Å². The van der Waals surface area contributed by atoms with E-state index < -0.39 is 0 Å². The third kappa shape index (κ3) is 2.45. The smallest absolute Gasteiger partial charge is 0.199 e. The van der Waals surface area contributed by atoms with Gasteiger partial charge in [-0.3, -0.25) is 4.79 Å². The fourth-order valence-corrected chi connectivity index (χ4v) is 3.32. The molecule has 0 aliphatic carbocycles. The number of fused-ring (bicyclic) bond motifs is 1. The van der Waals surface area contributed by atoms with Crippen molar-refractivity contribution in [1.29, 1.82) is 0 Å². The highest BCUT2D eigenvalue weighted by Crippen LogP contribution is 2.27. The lowest BCUT2D eigenvalue weighted by molar-refractivity contribution is 0.435. The monoisotopic (exact) mass is 323 g/mol. The minimum absolute atomic E-state index is 0.0823. The lowest BCUT2D eigenvalue weighted by atomic mass is 10.1. The standard InChI is InChI=1S/C18H10FNO2S/c19-12-7-5-11(6-8-12)15-9-16(22-20-15)14-10-23-17-4-2-1-3-13(17)18(14)21/h1-10H. The van der Waals surface area contributed by atoms with Crippen molar-refractivity contribution < 1.29 is 8.91 Å². The van der Waals surface area contributed by atoms with Crippen LogP contribution in [0.4, 0.5) is 4.39 Å². The van der Waals surface area contributed by atoms with E-state index in [0.29, 0.717) is 22.4 Å². The predicted molar refractivity (Wildman–Crippen MR) is 89.0 cm³/mol. The maximum absolute atomic E-state index is 13.0. The predicted octanol–water partition coefficient (Wildman–Crippen LogP) is 4.72. The molecule has 0 radical (unpaired) electrons. The fraction of sp³-hybridized carbons (Fsp3) is 0. The Morgan fingerprint density at radius 2 is 1.83 bits per heavy atom. The molecule has 0 saturated heterocycles. The van der Waals surface area contributed by atoms with Crippen LogP contribution < -0.4 is 5.43 Å². The van der Waals surface area contributed by atoms with Crippen LogP contribution >= 0.6 is 11.3 Å². The molecule has 0 N–H and O–H groups in total. The van der Waals surface area contributed by atoms with E-state index in [1.165, 1.54) is 23.5 Å². The quantitative estimate of drug-likeness (QED) is 0.536. The number of nitrogens with zero attached hydrogens (tertiary/aromatic N) is 1. The Morgan fingerprint density at radius 3 is 2.65 bits per heavy atom. The molecular formula is C18H10FNO2S. The van der Waals surface area contributed by atoms with Gasteiger partial charge in [0.2, 0.25) is 0 Å². The van der Waals surface area contributed by atoms with E-state index in [1.54, 1.807) is 29.6 Å². The maximum Gasteiger partial charge on any atom is 0.199 e. The van der Waals surface area contributed by atoms with Gasteiger partial charge in [-0.1, -0.05) is 17.3 Å².